The first-order valence-corrected chi connectivity index (χ1v) is 6.95. The molecule has 0 N–H and O–H groups in total. The van der Waals surface area contributed by atoms with E-state index in [1.165, 1.54) is 7.11 Å². The molecule has 0 aromatic heterocycles. The summed E-state index contributed by atoms with van der Waals surface area (Å²) in [6, 6.07) is 0. The van der Waals surface area contributed by atoms with Crippen LogP contribution in [0.3, 0.4) is 0 Å². The fraction of sp³-hybridized carbons (Fsp3) is 0.867. The van der Waals surface area contributed by atoms with E-state index >= 15 is 0 Å². The number of methoxy groups -OCH3 is 1. The average molecular weight is 270 g/mol. The van der Waals surface area contributed by atoms with Crippen LogP contribution < -0.4 is 0 Å². The first-order valence-electron chi connectivity index (χ1n) is 6.95. The van der Waals surface area contributed by atoms with Crippen LogP contribution in [0.15, 0.2) is 0 Å². The third-order valence-corrected chi connectivity index (χ3v) is 3.72. The molecule has 2 atom stereocenters. The van der Waals surface area contributed by atoms with Crippen molar-refractivity contribution in [1.82, 2.24) is 0 Å². The molecule has 110 valence electrons. The lowest BCUT2D eigenvalue weighted by molar-refractivity contribution is -0.155. The zero-order valence-electron chi connectivity index (χ0n) is 12.7. The Morgan fingerprint density at radius 3 is 2.47 bits per heavy atom. The third-order valence-electron chi connectivity index (χ3n) is 3.72. The number of carbonyl (C=O) groups excluding carboxylic acids is 2. The van der Waals surface area contributed by atoms with Crippen LogP contribution in [-0.4, -0.2) is 24.6 Å². The monoisotopic (exact) mass is 270 g/mol. The second-order valence-electron chi connectivity index (χ2n) is 6.86. The average Bonchev–Trinajstić information content (AvgIpc) is 2.67. The highest BCUT2D eigenvalue weighted by atomic mass is 16.6. The molecule has 0 unspecified atom stereocenters. The van der Waals surface area contributed by atoms with Crippen LogP contribution in [0.1, 0.15) is 59.8 Å². The highest BCUT2D eigenvalue weighted by Gasteiger charge is 2.39. The standard InChI is InChI=1S/C15H26O4/c1-14(2,3)19-12(16)7-9-15(4)8-6-11(10-15)13(17)18-5/h11H,6-10H2,1-5H3/t11-,15-/m0/s1. The van der Waals surface area contributed by atoms with Crippen molar-refractivity contribution in [2.24, 2.45) is 11.3 Å². The van der Waals surface area contributed by atoms with Gasteiger partial charge in [-0.15, -0.1) is 0 Å². The lowest BCUT2D eigenvalue weighted by Crippen LogP contribution is -2.25. The van der Waals surface area contributed by atoms with Gasteiger partial charge in [-0.05, 0) is 51.9 Å². The minimum Gasteiger partial charge on any atom is -0.469 e. The van der Waals surface area contributed by atoms with Gasteiger partial charge in [0.05, 0.1) is 13.0 Å². The van der Waals surface area contributed by atoms with E-state index in [1.807, 2.05) is 20.8 Å². The van der Waals surface area contributed by atoms with Gasteiger partial charge in [0.1, 0.15) is 5.60 Å². The van der Waals surface area contributed by atoms with Gasteiger partial charge in [0, 0.05) is 6.42 Å². The Morgan fingerprint density at radius 2 is 1.95 bits per heavy atom. The van der Waals surface area contributed by atoms with Crippen LogP contribution in [0.4, 0.5) is 0 Å². The molecular weight excluding hydrogens is 244 g/mol. The summed E-state index contributed by atoms with van der Waals surface area (Å²) < 4.78 is 10.1. The molecule has 0 aromatic rings. The SMILES string of the molecule is COC(=O)[C@H]1CC[C@@](C)(CCC(=O)OC(C)(C)C)C1. The molecule has 1 aliphatic rings. The van der Waals surface area contributed by atoms with Gasteiger partial charge in [-0.2, -0.15) is 0 Å². The van der Waals surface area contributed by atoms with Crippen molar-refractivity contribution in [1.29, 1.82) is 0 Å². The molecule has 0 bridgehead atoms. The molecule has 0 spiro atoms. The zero-order valence-corrected chi connectivity index (χ0v) is 12.7. The predicted octanol–water partition coefficient (Wildman–Crippen LogP) is 3.09. The number of carbonyl (C=O) groups is 2. The lowest BCUT2D eigenvalue weighted by Gasteiger charge is -2.25. The Labute approximate surface area is 115 Å². The zero-order chi connectivity index (χ0) is 14.7. The lowest BCUT2D eigenvalue weighted by atomic mass is 9.83. The van der Waals surface area contributed by atoms with Gasteiger partial charge >= 0.3 is 11.9 Å². The summed E-state index contributed by atoms with van der Waals surface area (Å²) in [7, 11) is 1.43. The summed E-state index contributed by atoms with van der Waals surface area (Å²) in [5.41, 5.74) is -0.377. The summed E-state index contributed by atoms with van der Waals surface area (Å²) in [6.07, 6.45) is 3.83. The fourth-order valence-corrected chi connectivity index (χ4v) is 2.71. The third kappa shape index (κ3) is 5.21. The summed E-state index contributed by atoms with van der Waals surface area (Å²) in [6.45, 7) is 7.75. The number of ether oxygens (including phenoxy) is 2. The molecule has 4 heteroatoms. The van der Waals surface area contributed by atoms with Gasteiger partial charge in [-0.3, -0.25) is 9.59 Å². The molecule has 0 radical (unpaired) electrons. The number of hydrogen-bond donors (Lipinski definition) is 0. The van der Waals surface area contributed by atoms with Crippen molar-refractivity contribution < 1.29 is 19.1 Å². The molecular formula is C15H26O4. The van der Waals surface area contributed by atoms with Crippen molar-refractivity contribution in [2.45, 2.75) is 65.4 Å². The maximum absolute atomic E-state index is 11.7. The van der Waals surface area contributed by atoms with Gasteiger partial charge in [-0.1, -0.05) is 6.92 Å². The normalized spacial score (nSPS) is 27.1. The summed E-state index contributed by atoms with van der Waals surface area (Å²) in [5.74, 6) is -0.287. The Hall–Kier alpha value is -1.06. The Balaban J connectivity index is 2.41. The van der Waals surface area contributed by atoms with Gasteiger partial charge in [0.15, 0.2) is 0 Å². The summed E-state index contributed by atoms with van der Waals surface area (Å²) >= 11 is 0. The van der Waals surface area contributed by atoms with Crippen molar-refractivity contribution in [2.75, 3.05) is 7.11 Å². The molecule has 1 fully saturated rings. The molecule has 1 saturated carbocycles. The van der Waals surface area contributed by atoms with E-state index in [1.54, 1.807) is 0 Å². The molecule has 0 heterocycles. The van der Waals surface area contributed by atoms with E-state index < -0.39 is 5.60 Å². The Bertz CT molecular complexity index is 343. The molecule has 4 nitrogen and oxygen atoms in total. The van der Waals surface area contributed by atoms with E-state index in [0.717, 1.165) is 25.7 Å². The van der Waals surface area contributed by atoms with Crippen molar-refractivity contribution in [3.05, 3.63) is 0 Å². The summed E-state index contributed by atoms with van der Waals surface area (Å²) in [4.78, 5) is 23.2. The van der Waals surface area contributed by atoms with Crippen molar-refractivity contribution in [3.8, 4) is 0 Å². The van der Waals surface area contributed by atoms with E-state index in [-0.39, 0.29) is 23.3 Å². The van der Waals surface area contributed by atoms with Crippen LogP contribution in [0.5, 0.6) is 0 Å². The van der Waals surface area contributed by atoms with Gasteiger partial charge in [-0.25, -0.2) is 0 Å². The molecule has 1 aliphatic carbocycles. The first-order chi connectivity index (χ1) is 8.65. The number of esters is 2. The second-order valence-corrected chi connectivity index (χ2v) is 6.86. The van der Waals surface area contributed by atoms with Crippen molar-refractivity contribution in [3.63, 3.8) is 0 Å². The van der Waals surface area contributed by atoms with E-state index in [9.17, 15) is 9.59 Å². The maximum atomic E-state index is 11.7. The van der Waals surface area contributed by atoms with E-state index in [0.29, 0.717) is 6.42 Å². The molecule has 0 aromatic carbocycles. The summed E-state index contributed by atoms with van der Waals surface area (Å²) in [5, 5.41) is 0. The largest absolute Gasteiger partial charge is 0.469 e. The topological polar surface area (TPSA) is 52.6 Å². The smallest absolute Gasteiger partial charge is 0.308 e. The van der Waals surface area contributed by atoms with E-state index in [2.05, 4.69) is 6.92 Å². The minimum atomic E-state index is -0.428. The van der Waals surface area contributed by atoms with Crippen molar-refractivity contribution >= 4 is 11.9 Å². The first kappa shape index (κ1) is 16.0. The number of hydrogen-bond acceptors (Lipinski definition) is 4. The Morgan fingerprint density at radius 1 is 1.32 bits per heavy atom. The van der Waals surface area contributed by atoms with Crippen LogP contribution in [-0.2, 0) is 19.1 Å². The van der Waals surface area contributed by atoms with Crippen LogP contribution in [0.2, 0.25) is 0 Å². The van der Waals surface area contributed by atoms with Gasteiger partial charge < -0.3 is 9.47 Å². The van der Waals surface area contributed by atoms with Crippen LogP contribution in [0, 0.1) is 11.3 Å². The van der Waals surface area contributed by atoms with Gasteiger partial charge in [0.25, 0.3) is 0 Å². The highest BCUT2D eigenvalue weighted by molar-refractivity contribution is 5.73. The highest BCUT2D eigenvalue weighted by Crippen LogP contribution is 2.45. The van der Waals surface area contributed by atoms with Gasteiger partial charge in [0.2, 0.25) is 0 Å². The molecule has 19 heavy (non-hydrogen) atoms. The quantitative estimate of drug-likeness (QED) is 0.737. The molecule has 1 rings (SSSR count). The van der Waals surface area contributed by atoms with Crippen LogP contribution in [0.25, 0.3) is 0 Å². The minimum absolute atomic E-state index is 0.00589. The number of rotatable bonds is 4. The Kier molecular flexibility index (Phi) is 4.99. The van der Waals surface area contributed by atoms with E-state index in [4.69, 9.17) is 9.47 Å². The second kappa shape index (κ2) is 5.93. The molecule has 0 amide bonds. The predicted molar refractivity (Wildman–Crippen MR) is 72.5 cm³/mol. The molecule has 0 aliphatic heterocycles. The fourth-order valence-electron chi connectivity index (χ4n) is 2.71. The maximum Gasteiger partial charge on any atom is 0.308 e. The molecule has 0 saturated heterocycles. The van der Waals surface area contributed by atoms with Crippen LogP contribution >= 0.6 is 0 Å².